The van der Waals surface area contributed by atoms with E-state index < -0.39 is 0 Å². The third kappa shape index (κ3) is 2.69. The molecule has 0 spiro atoms. The van der Waals surface area contributed by atoms with E-state index in [1.807, 2.05) is 17.8 Å². The van der Waals surface area contributed by atoms with Crippen LogP contribution in [-0.4, -0.2) is 21.3 Å². The smallest absolute Gasteiger partial charge is 0.182 e. The minimum absolute atomic E-state index is 0.779. The van der Waals surface area contributed by atoms with Gasteiger partial charge in [-0.05, 0) is 36.7 Å². The van der Waals surface area contributed by atoms with Gasteiger partial charge in [0, 0.05) is 17.6 Å². The number of hydrogen-bond donors (Lipinski definition) is 1. The predicted octanol–water partition coefficient (Wildman–Crippen LogP) is 3.20. The first-order valence-corrected chi connectivity index (χ1v) is 7.10. The van der Waals surface area contributed by atoms with Crippen molar-refractivity contribution in [1.29, 1.82) is 0 Å². The third-order valence-corrected chi connectivity index (χ3v) is 4.57. The van der Waals surface area contributed by atoms with Crippen LogP contribution in [0.3, 0.4) is 0 Å². The van der Waals surface area contributed by atoms with E-state index >= 15 is 0 Å². The third-order valence-electron chi connectivity index (χ3n) is 2.48. The quantitative estimate of drug-likeness (QED) is 0.942. The average Bonchev–Trinajstić information content (AvgIpc) is 2.82. The van der Waals surface area contributed by atoms with E-state index in [2.05, 4.69) is 45.2 Å². The van der Waals surface area contributed by atoms with Crippen LogP contribution in [0.15, 0.2) is 10.7 Å². The number of aryl methyl sites for hydroxylation is 1. The van der Waals surface area contributed by atoms with E-state index in [-0.39, 0.29) is 0 Å². The molecule has 2 heterocycles. The molecule has 92 valence electrons. The zero-order valence-corrected chi connectivity index (χ0v) is 12.5. The highest BCUT2D eigenvalue weighted by atomic mass is 79.9. The Morgan fingerprint density at radius 2 is 2.24 bits per heavy atom. The van der Waals surface area contributed by atoms with Gasteiger partial charge in [0.15, 0.2) is 5.13 Å². The Morgan fingerprint density at radius 3 is 2.82 bits per heavy atom. The maximum Gasteiger partial charge on any atom is 0.182 e. The van der Waals surface area contributed by atoms with Crippen molar-refractivity contribution >= 4 is 32.4 Å². The number of halogens is 1. The lowest BCUT2D eigenvalue weighted by molar-refractivity contribution is 0.665. The van der Waals surface area contributed by atoms with Crippen molar-refractivity contribution in [1.82, 2.24) is 14.8 Å². The Bertz CT molecular complexity index is 518. The molecule has 0 fully saturated rings. The van der Waals surface area contributed by atoms with Crippen molar-refractivity contribution in [3.05, 3.63) is 26.9 Å². The molecule has 0 bridgehead atoms. The van der Waals surface area contributed by atoms with Gasteiger partial charge in [0.25, 0.3) is 0 Å². The molecule has 0 saturated heterocycles. The van der Waals surface area contributed by atoms with Gasteiger partial charge in [0.2, 0.25) is 0 Å². The van der Waals surface area contributed by atoms with E-state index in [9.17, 15) is 0 Å². The van der Waals surface area contributed by atoms with E-state index in [1.54, 1.807) is 11.3 Å². The van der Waals surface area contributed by atoms with Crippen LogP contribution in [0, 0.1) is 13.8 Å². The van der Waals surface area contributed by atoms with Crippen molar-refractivity contribution < 1.29 is 0 Å². The molecule has 0 atom stereocenters. The van der Waals surface area contributed by atoms with Gasteiger partial charge in [0.05, 0.1) is 22.4 Å². The fraction of sp³-hybridized carbons (Fsp3) is 0.455. The van der Waals surface area contributed by atoms with Gasteiger partial charge >= 0.3 is 0 Å². The van der Waals surface area contributed by atoms with Gasteiger partial charge in [-0.1, -0.05) is 0 Å². The summed E-state index contributed by atoms with van der Waals surface area (Å²) in [7, 11) is 0. The SMILES string of the molecule is CCNc1ncc(Cn2nc(C)c(Br)c2C)s1. The van der Waals surface area contributed by atoms with E-state index in [0.29, 0.717) is 0 Å². The van der Waals surface area contributed by atoms with Crippen LogP contribution in [0.4, 0.5) is 5.13 Å². The topological polar surface area (TPSA) is 42.7 Å². The molecule has 1 N–H and O–H groups in total. The molecule has 17 heavy (non-hydrogen) atoms. The van der Waals surface area contributed by atoms with Crippen molar-refractivity contribution in [2.45, 2.75) is 27.3 Å². The molecule has 0 aliphatic rings. The Labute approximate surface area is 113 Å². The zero-order chi connectivity index (χ0) is 12.4. The summed E-state index contributed by atoms with van der Waals surface area (Å²) >= 11 is 5.21. The van der Waals surface area contributed by atoms with Gasteiger partial charge in [-0.3, -0.25) is 4.68 Å². The van der Waals surface area contributed by atoms with Gasteiger partial charge in [-0.25, -0.2) is 4.98 Å². The number of hydrogen-bond acceptors (Lipinski definition) is 4. The van der Waals surface area contributed by atoms with Crippen molar-refractivity contribution in [2.75, 3.05) is 11.9 Å². The van der Waals surface area contributed by atoms with E-state index in [1.165, 1.54) is 4.88 Å². The molecule has 0 saturated carbocycles. The van der Waals surface area contributed by atoms with Crippen LogP contribution in [-0.2, 0) is 6.54 Å². The number of aromatic nitrogens is 3. The normalized spacial score (nSPS) is 10.8. The second-order valence-electron chi connectivity index (χ2n) is 3.80. The highest BCUT2D eigenvalue weighted by molar-refractivity contribution is 9.10. The first-order chi connectivity index (χ1) is 8.11. The fourth-order valence-corrected chi connectivity index (χ4v) is 2.74. The monoisotopic (exact) mass is 314 g/mol. The van der Waals surface area contributed by atoms with Crippen LogP contribution in [0.2, 0.25) is 0 Å². The largest absolute Gasteiger partial charge is 0.362 e. The van der Waals surface area contributed by atoms with Crippen molar-refractivity contribution in [3.63, 3.8) is 0 Å². The minimum Gasteiger partial charge on any atom is -0.362 e. The molecule has 0 aliphatic carbocycles. The van der Waals surface area contributed by atoms with Crippen LogP contribution in [0.5, 0.6) is 0 Å². The lowest BCUT2D eigenvalue weighted by Gasteiger charge is -2.01. The minimum atomic E-state index is 0.779. The van der Waals surface area contributed by atoms with Gasteiger partial charge < -0.3 is 5.32 Å². The van der Waals surface area contributed by atoms with Crippen molar-refractivity contribution in [3.8, 4) is 0 Å². The molecule has 2 aromatic rings. The molecule has 2 rings (SSSR count). The van der Waals surface area contributed by atoms with Gasteiger partial charge in [-0.15, -0.1) is 11.3 Å². The number of thiazole rings is 1. The number of nitrogens with one attached hydrogen (secondary N) is 1. The molecular weight excluding hydrogens is 300 g/mol. The Hall–Kier alpha value is -0.880. The van der Waals surface area contributed by atoms with Gasteiger partial charge in [0.1, 0.15) is 0 Å². The number of nitrogens with zero attached hydrogens (tertiary/aromatic N) is 3. The second kappa shape index (κ2) is 5.18. The second-order valence-corrected chi connectivity index (χ2v) is 5.71. The molecule has 0 unspecified atom stereocenters. The predicted molar refractivity (Wildman–Crippen MR) is 74.8 cm³/mol. The maximum absolute atomic E-state index is 4.49. The summed E-state index contributed by atoms with van der Waals surface area (Å²) in [5.41, 5.74) is 2.18. The average molecular weight is 315 g/mol. The standard InChI is InChI=1S/C11H15BrN4S/c1-4-13-11-14-5-9(17-11)6-16-8(3)10(12)7(2)15-16/h5H,4,6H2,1-3H3,(H,13,14). The molecule has 0 aliphatic heterocycles. The molecule has 0 amide bonds. The summed E-state index contributed by atoms with van der Waals surface area (Å²) in [6, 6.07) is 0. The summed E-state index contributed by atoms with van der Waals surface area (Å²) < 4.78 is 3.09. The van der Waals surface area contributed by atoms with Gasteiger partial charge in [-0.2, -0.15) is 5.10 Å². The number of anilines is 1. The molecule has 2 aromatic heterocycles. The Kier molecular flexibility index (Phi) is 3.83. The molecule has 0 radical (unpaired) electrons. The van der Waals surface area contributed by atoms with Crippen LogP contribution < -0.4 is 5.32 Å². The lowest BCUT2D eigenvalue weighted by atomic mass is 10.4. The summed E-state index contributed by atoms with van der Waals surface area (Å²) in [6.07, 6.45) is 1.91. The Morgan fingerprint density at radius 1 is 1.47 bits per heavy atom. The lowest BCUT2D eigenvalue weighted by Crippen LogP contribution is -2.02. The molecular formula is C11H15BrN4S. The summed E-state index contributed by atoms with van der Waals surface area (Å²) in [6.45, 7) is 7.82. The highest BCUT2D eigenvalue weighted by Crippen LogP contribution is 2.23. The summed E-state index contributed by atoms with van der Waals surface area (Å²) in [4.78, 5) is 5.52. The first kappa shape index (κ1) is 12.6. The van der Waals surface area contributed by atoms with Crippen LogP contribution in [0.25, 0.3) is 0 Å². The van der Waals surface area contributed by atoms with Crippen molar-refractivity contribution in [2.24, 2.45) is 0 Å². The van der Waals surface area contributed by atoms with Crippen LogP contribution in [0.1, 0.15) is 23.2 Å². The molecule has 6 heteroatoms. The fourth-order valence-electron chi connectivity index (χ4n) is 1.59. The molecule has 4 nitrogen and oxygen atoms in total. The zero-order valence-electron chi connectivity index (χ0n) is 10.1. The first-order valence-electron chi connectivity index (χ1n) is 5.50. The summed E-state index contributed by atoms with van der Waals surface area (Å²) in [5, 5.41) is 8.68. The highest BCUT2D eigenvalue weighted by Gasteiger charge is 2.10. The Balaban J connectivity index is 2.16. The van der Waals surface area contributed by atoms with E-state index in [0.717, 1.165) is 34.1 Å². The molecule has 0 aromatic carbocycles. The maximum atomic E-state index is 4.49. The number of rotatable bonds is 4. The van der Waals surface area contributed by atoms with E-state index in [4.69, 9.17) is 0 Å². The van der Waals surface area contributed by atoms with Crippen LogP contribution >= 0.6 is 27.3 Å². The summed E-state index contributed by atoms with van der Waals surface area (Å²) in [5.74, 6) is 0.